The molecule has 6 nitrogen and oxygen atoms in total. The Balaban J connectivity index is 2.88. The number of hydrogen-bond acceptors (Lipinski definition) is 5. The molecule has 1 amide bonds. The first-order valence-corrected chi connectivity index (χ1v) is 5.03. The van der Waals surface area contributed by atoms with Crippen LogP contribution in [0.1, 0.15) is 18.1 Å². The second kappa shape index (κ2) is 5.51. The summed E-state index contributed by atoms with van der Waals surface area (Å²) in [7, 11) is 1.45. The summed E-state index contributed by atoms with van der Waals surface area (Å²) in [5.74, 6) is -0.285. The minimum absolute atomic E-state index is 0.312. The largest absolute Gasteiger partial charge is 0.495 e. The van der Waals surface area contributed by atoms with Crippen LogP contribution in [0.25, 0.3) is 0 Å². The summed E-state index contributed by atoms with van der Waals surface area (Å²) in [5.41, 5.74) is 11.4. The molecule has 0 saturated carbocycles. The van der Waals surface area contributed by atoms with Crippen molar-refractivity contribution >= 4 is 11.6 Å². The number of nitrogen functional groups attached to an aromatic ring is 1. The number of aliphatic hydroxyl groups excluding tert-OH is 2. The van der Waals surface area contributed by atoms with Crippen molar-refractivity contribution in [1.29, 1.82) is 0 Å². The third kappa shape index (κ3) is 3.33. The number of anilines is 1. The van der Waals surface area contributed by atoms with Gasteiger partial charge < -0.3 is 26.4 Å². The number of carbonyl (C=O) groups is 1. The second-order valence-electron chi connectivity index (χ2n) is 3.68. The number of amides is 1. The van der Waals surface area contributed by atoms with Gasteiger partial charge in [-0.1, -0.05) is 6.07 Å². The lowest BCUT2D eigenvalue weighted by molar-refractivity contribution is -0.121. The molecule has 17 heavy (non-hydrogen) atoms. The first-order valence-electron chi connectivity index (χ1n) is 5.03. The molecule has 1 aromatic carbocycles. The smallest absolute Gasteiger partial charge is 0.220 e. The summed E-state index contributed by atoms with van der Waals surface area (Å²) in [5, 5.41) is 19.3. The van der Waals surface area contributed by atoms with Crippen molar-refractivity contribution in [1.82, 2.24) is 0 Å². The van der Waals surface area contributed by atoms with E-state index in [2.05, 4.69) is 0 Å². The van der Waals surface area contributed by atoms with Crippen LogP contribution in [0.5, 0.6) is 5.75 Å². The normalized spacial score (nSPS) is 14.1. The molecular weight excluding hydrogens is 224 g/mol. The Bertz CT molecular complexity index is 408. The van der Waals surface area contributed by atoms with Crippen molar-refractivity contribution in [3.8, 4) is 5.75 Å². The monoisotopic (exact) mass is 240 g/mol. The van der Waals surface area contributed by atoms with Gasteiger partial charge in [0.05, 0.1) is 25.3 Å². The molecule has 0 saturated heterocycles. The van der Waals surface area contributed by atoms with E-state index in [1.807, 2.05) is 0 Å². The number of nitrogens with two attached hydrogens (primary N) is 2. The predicted octanol–water partition coefficient (Wildman–Crippen LogP) is -0.453. The van der Waals surface area contributed by atoms with Gasteiger partial charge in [0.15, 0.2) is 0 Å². The van der Waals surface area contributed by atoms with Gasteiger partial charge >= 0.3 is 0 Å². The van der Waals surface area contributed by atoms with E-state index < -0.39 is 18.1 Å². The van der Waals surface area contributed by atoms with Crippen LogP contribution in [0, 0.1) is 0 Å². The zero-order valence-corrected chi connectivity index (χ0v) is 9.46. The summed E-state index contributed by atoms with van der Waals surface area (Å²) in [6.45, 7) is 0. The SMILES string of the molecule is COc1cc(C(O)C(O)CC(N)=O)ccc1N. The Labute approximate surface area is 98.8 Å². The van der Waals surface area contributed by atoms with Crippen molar-refractivity contribution in [3.05, 3.63) is 23.8 Å². The molecule has 0 heterocycles. The van der Waals surface area contributed by atoms with Crippen molar-refractivity contribution in [2.75, 3.05) is 12.8 Å². The maximum atomic E-state index is 10.6. The molecule has 0 bridgehead atoms. The number of carbonyl (C=O) groups excluding carboxylic acids is 1. The highest BCUT2D eigenvalue weighted by Gasteiger charge is 2.21. The molecule has 0 fully saturated rings. The highest BCUT2D eigenvalue weighted by Crippen LogP contribution is 2.27. The van der Waals surface area contributed by atoms with E-state index in [-0.39, 0.29) is 6.42 Å². The predicted molar refractivity (Wildman–Crippen MR) is 62.2 cm³/mol. The molecule has 2 atom stereocenters. The van der Waals surface area contributed by atoms with E-state index in [1.165, 1.54) is 13.2 Å². The first-order chi connectivity index (χ1) is 7.95. The molecule has 6 heteroatoms. The van der Waals surface area contributed by atoms with Gasteiger partial charge in [0.25, 0.3) is 0 Å². The van der Waals surface area contributed by atoms with Gasteiger partial charge in [-0.3, -0.25) is 4.79 Å². The summed E-state index contributed by atoms with van der Waals surface area (Å²) in [6, 6.07) is 4.60. The van der Waals surface area contributed by atoms with E-state index in [0.29, 0.717) is 17.0 Å². The molecule has 94 valence electrons. The van der Waals surface area contributed by atoms with Crippen LogP contribution in [0.2, 0.25) is 0 Å². The molecule has 1 rings (SSSR count). The third-order valence-corrected chi connectivity index (χ3v) is 2.37. The Morgan fingerprint density at radius 2 is 2.12 bits per heavy atom. The Morgan fingerprint density at radius 1 is 1.47 bits per heavy atom. The molecule has 0 aliphatic heterocycles. The fourth-order valence-corrected chi connectivity index (χ4v) is 1.45. The van der Waals surface area contributed by atoms with Crippen molar-refractivity contribution in [3.63, 3.8) is 0 Å². The summed E-state index contributed by atoms with van der Waals surface area (Å²) < 4.78 is 4.99. The number of methoxy groups -OCH3 is 1. The van der Waals surface area contributed by atoms with Gasteiger partial charge in [0.2, 0.25) is 5.91 Å². The molecule has 1 aromatic rings. The van der Waals surface area contributed by atoms with E-state index in [4.69, 9.17) is 16.2 Å². The van der Waals surface area contributed by atoms with E-state index in [1.54, 1.807) is 12.1 Å². The van der Waals surface area contributed by atoms with Gasteiger partial charge in [-0.15, -0.1) is 0 Å². The molecule has 0 aromatic heterocycles. The fraction of sp³-hybridized carbons (Fsp3) is 0.364. The summed E-state index contributed by atoms with van der Waals surface area (Å²) >= 11 is 0. The van der Waals surface area contributed by atoms with E-state index >= 15 is 0 Å². The summed E-state index contributed by atoms with van der Waals surface area (Å²) in [6.07, 6.45) is -2.77. The van der Waals surface area contributed by atoms with Gasteiger partial charge in [0.1, 0.15) is 11.9 Å². The van der Waals surface area contributed by atoms with Crippen LogP contribution in [-0.4, -0.2) is 29.3 Å². The van der Waals surface area contributed by atoms with Crippen LogP contribution in [0.3, 0.4) is 0 Å². The minimum Gasteiger partial charge on any atom is -0.495 e. The number of hydrogen-bond donors (Lipinski definition) is 4. The van der Waals surface area contributed by atoms with Crippen LogP contribution < -0.4 is 16.2 Å². The Morgan fingerprint density at radius 3 is 2.65 bits per heavy atom. The molecule has 0 spiro atoms. The molecule has 6 N–H and O–H groups in total. The summed E-state index contributed by atoms with van der Waals surface area (Å²) in [4.78, 5) is 10.6. The zero-order valence-electron chi connectivity index (χ0n) is 9.46. The highest BCUT2D eigenvalue weighted by molar-refractivity contribution is 5.74. The maximum absolute atomic E-state index is 10.6. The van der Waals surface area contributed by atoms with Crippen LogP contribution in [-0.2, 0) is 4.79 Å². The number of primary amides is 1. The van der Waals surface area contributed by atoms with Crippen molar-refractivity contribution < 1.29 is 19.7 Å². The maximum Gasteiger partial charge on any atom is 0.220 e. The van der Waals surface area contributed by atoms with Crippen LogP contribution in [0.15, 0.2) is 18.2 Å². The zero-order chi connectivity index (χ0) is 13.0. The van der Waals surface area contributed by atoms with Gasteiger partial charge in [-0.05, 0) is 17.7 Å². The van der Waals surface area contributed by atoms with E-state index in [9.17, 15) is 15.0 Å². The quantitative estimate of drug-likeness (QED) is 0.520. The van der Waals surface area contributed by atoms with Crippen molar-refractivity contribution in [2.45, 2.75) is 18.6 Å². The Kier molecular flexibility index (Phi) is 4.30. The lowest BCUT2D eigenvalue weighted by Gasteiger charge is -2.17. The number of aliphatic hydroxyl groups is 2. The average Bonchev–Trinajstić information content (AvgIpc) is 2.27. The third-order valence-electron chi connectivity index (χ3n) is 2.37. The standard InChI is InChI=1S/C11H16N2O4/c1-17-9-4-6(2-3-7(9)12)11(16)8(14)5-10(13)15/h2-4,8,11,14,16H,5,12H2,1H3,(H2,13,15). The first kappa shape index (κ1) is 13.3. The van der Waals surface area contributed by atoms with E-state index in [0.717, 1.165) is 0 Å². The molecular formula is C11H16N2O4. The van der Waals surface area contributed by atoms with Crippen LogP contribution in [0.4, 0.5) is 5.69 Å². The molecule has 0 aliphatic carbocycles. The minimum atomic E-state index is -1.25. The average molecular weight is 240 g/mol. The lowest BCUT2D eigenvalue weighted by atomic mass is 10.0. The molecule has 0 radical (unpaired) electrons. The molecule has 2 unspecified atom stereocenters. The molecule has 0 aliphatic rings. The van der Waals surface area contributed by atoms with Gasteiger partial charge in [-0.25, -0.2) is 0 Å². The van der Waals surface area contributed by atoms with Gasteiger partial charge in [0, 0.05) is 0 Å². The second-order valence-corrected chi connectivity index (χ2v) is 3.68. The lowest BCUT2D eigenvalue weighted by Crippen LogP contribution is -2.25. The topological polar surface area (TPSA) is 119 Å². The fourth-order valence-electron chi connectivity index (χ4n) is 1.45. The number of ether oxygens (including phenoxy) is 1. The van der Waals surface area contributed by atoms with Crippen molar-refractivity contribution in [2.24, 2.45) is 5.73 Å². The number of benzene rings is 1. The van der Waals surface area contributed by atoms with Gasteiger partial charge in [-0.2, -0.15) is 0 Å². The number of rotatable bonds is 5. The highest BCUT2D eigenvalue weighted by atomic mass is 16.5. The Hall–Kier alpha value is -1.79. The van der Waals surface area contributed by atoms with Crippen LogP contribution >= 0.6 is 0 Å².